The summed E-state index contributed by atoms with van der Waals surface area (Å²) in [6.45, 7) is 4.38. The minimum Gasteiger partial charge on any atom is -0.307 e. The van der Waals surface area contributed by atoms with Crippen molar-refractivity contribution in [2.75, 3.05) is 0 Å². The van der Waals surface area contributed by atoms with Crippen LogP contribution in [0.2, 0.25) is 0 Å². The average molecular weight is 262 g/mol. The molecule has 19 heavy (non-hydrogen) atoms. The number of benzene rings is 1. The van der Waals surface area contributed by atoms with Gasteiger partial charge in [-0.1, -0.05) is 31.9 Å². The van der Waals surface area contributed by atoms with Gasteiger partial charge in [0.25, 0.3) is 5.69 Å². The highest BCUT2D eigenvalue weighted by Crippen LogP contribution is 2.26. The molecule has 3 unspecified atom stereocenters. The molecule has 0 radical (unpaired) electrons. The minimum atomic E-state index is -0.334. The van der Waals surface area contributed by atoms with E-state index in [4.69, 9.17) is 0 Å². The summed E-state index contributed by atoms with van der Waals surface area (Å²) in [6, 6.07) is 7.63. The van der Waals surface area contributed by atoms with Crippen molar-refractivity contribution in [1.82, 2.24) is 5.32 Å². The van der Waals surface area contributed by atoms with Crippen molar-refractivity contribution in [3.63, 3.8) is 0 Å². The summed E-state index contributed by atoms with van der Waals surface area (Å²) < 4.78 is 0. The van der Waals surface area contributed by atoms with Crippen molar-refractivity contribution < 1.29 is 4.92 Å². The van der Waals surface area contributed by atoms with E-state index in [9.17, 15) is 10.1 Å². The second-order valence-corrected chi connectivity index (χ2v) is 5.71. The third-order valence-electron chi connectivity index (χ3n) is 4.00. The van der Waals surface area contributed by atoms with Gasteiger partial charge in [-0.2, -0.15) is 0 Å². The van der Waals surface area contributed by atoms with Gasteiger partial charge in [-0.3, -0.25) is 10.1 Å². The van der Waals surface area contributed by atoms with Gasteiger partial charge in [-0.15, -0.1) is 0 Å². The van der Waals surface area contributed by atoms with E-state index in [2.05, 4.69) is 19.2 Å². The van der Waals surface area contributed by atoms with Crippen molar-refractivity contribution in [1.29, 1.82) is 0 Å². The van der Waals surface area contributed by atoms with Gasteiger partial charge in [-0.25, -0.2) is 0 Å². The first-order valence-corrected chi connectivity index (χ1v) is 7.06. The van der Waals surface area contributed by atoms with Crippen LogP contribution in [0.15, 0.2) is 24.3 Å². The van der Waals surface area contributed by atoms with Crippen LogP contribution < -0.4 is 5.32 Å². The largest absolute Gasteiger partial charge is 0.307 e. The molecule has 0 bridgehead atoms. The second-order valence-electron chi connectivity index (χ2n) is 5.71. The Kier molecular flexibility index (Phi) is 4.53. The Labute approximate surface area is 114 Å². The molecule has 0 spiro atoms. The van der Waals surface area contributed by atoms with Crippen LogP contribution in [-0.2, 0) is 0 Å². The zero-order valence-corrected chi connectivity index (χ0v) is 11.6. The Morgan fingerprint density at radius 3 is 2.89 bits per heavy atom. The molecule has 0 saturated heterocycles. The summed E-state index contributed by atoms with van der Waals surface area (Å²) in [6.07, 6.45) is 5.02. The normalized spacial score (nSPS) is 24.9. The van der Waals surface area contributed by atoms with Crippen molar-refractivity contribution in [2.24, 2.45) is 5.92 Å². The molecule has 104 valence electrons. The fourth-order valence-electron chi connectivity index (χ4n) is 2.94. The molecule has 1 N–H and O–H groups in total. The number of non-ortho nitro benzene ring substituents is 1. The van der Waals surface area contributed by atoms with Crippen molar-refractivity contribution in [2.45, 2.75) is 51.6 Å². The van der Waals surface area contributed by atoms with E-state index in [-0.39, 0.29) is 16.7 Å². The summed E-state index contributed by atoms with van der Waals surface area (Å²) in [7, 11) is 0. The number of nitro benzene ring substituents is 1. The van der Waals surface area contributed by atoms with Crippen molar-refractivity contribution in [3.05, 3.63) is 39.9 Å². The lowest BCUT2D eigenvalue weighted by Crippen LogP contribution is -2.35. The molecule has 0 amide bonds. The van der Waals surface area contributed by atoms with Crippen molar-refractivity contribution in [3.8, 4) is 0 Å². The lowest BCUT2D eigenvalue weighted by Gasteiger charge is -2.30. The van der Waals surface area contributed by atoms with Gasteiger partial charge >= 0.3 is 0 Å². The number of nitrogens with one attached hydrogen (secondary N) is 1. The first-order chi connectivity index (χ1) is 9.06. The number of nitrogens with zero attached hydrogens (tertiary/aromatic N) is 1. The highest BCUT2D eigenvalue weighted by molar-refractivity contribution is 5.35. The number of hydrogen-bond donors (Lipinski definition) is 1. The monoisotopic (exact) mass is 262 g/mol. The maximum absolute atomic E-state index is 10.8. The molecule has 0 heterocycles. The zero-order valence-electron chi connectivity index (χ0n) is 11.6. The third kappa shape index (κ3) is 3.77. The molecular formula is C15H22N2O2. The lowest BCUT2D eigenvalue weighted by atomic mass is 9.86. The zero-order chi connectivity index (χ0) is 13.8. The first kappa shape index (κ1) is 14.0. The van der Waals surface area contributed by atoms with Crippen LogP contribution in [0, 0.1) is 16.0 Å². The van der Waals surface area contributed by atoms with Crippen LogP contribution in [0.25, 0.3) is 0 Å². The molecule has 3 atom stereocenters. The van der Waals surface area contributed by atoms with Crippen LogP contribution in [0.3, 0.4) is 0 Å². The molecule has 2 rings (SSSR count). The molecule has 4 heteroatoms. The molecule has 1 saturated carbocycles. The van der Waals surface area contributed by atoms with Gasteiger partial charge in [0.2, 0.25) is 0 Å². The Morgan fingerprint density at radius 1 is 1.42 bits per heavy atom. The van der Waals surface area contributed by atoms with Gasteiger partial charge in [-0.05, 0) is 31.2 Å². The van der Waals surface area contributed by atoms with E-state index in [0.717, 1.165) is 11.5 Å². The van der Waals surface area contributed by atoms with Gasteiger partial charge in [0.1, 0.15) is 0 Å². The quantitative estimate of drug-likeness (QED) is 0.663. The predicted molar refractivity (Wildman–Crippen MR) is 76.1 cm³/mol. The summed E-state index contributed by atoms with van der Waals surface area (Å²) >= 11 is 0. The number of rotatable bonds is 4. The topological polar surface area (TPSA) is 55.2 Å². The lowest BCUT2D eigenvalue weighted by molar-refractivity contribution is -0.384. The highest BCUT2D eigenvalue weighted by atomic mass is 16.6. The summed E-state index contributed by atoms with van der Waals surface area (Å²) in [5, 5.41) is 14.4. The summed E-state index contributed by atoms with van der Waals surface area (Å²) in [5.74, 6) is 0.781. The molecule has 0 aliphatic heterocycles. The van der Waals surface area contributed by atoms with E-state index in [1.165, 1.54) is 25.7 Å². The molecule has 1 aliphatic rings. The van der Waals surface area contributed by atoms with E-state index in [0.29, 0.717) is 6.04 Å². The number of nitro groups is 1. The molecule has 1 aliphatic carbocycles. The smallest absolute Gasteiger partial charge is 0.269 e. The van der Waals surface area contributed by atoms with Crippen LogP contribution in [0.4, 0.5) is 5.69 Å². The first-order valence-electron chi connectivity index (χ1n) is 7.06. The molecule has 0 aromatic heterocycles. The minimum absolute atomic E-state index is 0.162. The molecule has 1 fully saturated rings. The van der Waals surface area contributed by atoms with Gasteiger partial charge < -0.3 is 5.32 Å². The standard InChI is InChI=1S/C15H22N2O2/c1-11-5-3-7-14(9-11)16-12(2)13-6-4-8-15(10-13)17(18)19/h4,6,8,10-12,14,16H,3,5,7,9H2,1-2H3. The van der Waals surface area contributed by atoms with E-state index in [1.54, 1.807) is 18.2 Å². The Balaban J connectivity index is 2.01. The molecule has 4 nitrogen and oxygen atoms in total. The van der Waals surface area contributed by atoms with Crippen molar-refractivity contribution >= 4 is 5.69 Å². The van der Waals surface area contributed by atoms with Crippen LogP contribution in [0.1, 0.15) is 51.1 Å². The summed E-state index contributed by atoms with van der Waals surface area (Å²) in [4.78, 5) is 10.5. The molecule has 1 aromatic carbocycles. The third-order valence-corrected chi connectivity index (χ3v) is 4.00. The Hall–Kier alpha value is -1.42. The molecular weight excluding hydrogens is 240 g/mol. The van der Waals surface area contributed by atoms with Gasteiger partial charge in [0.05, 0.1) is 4.92 Å². The number of hydrogen-bond acceptors (Lipinski definition) is 3. The van der Waals surface area contributed by atoms with E-state index in [1.807, 2.05) is 6.07 Å². The fraction of sp³-hybridized carbons (Fsp3) is 0.600. The maximum Gasteiger partial charge on any atom is 0.269 e. The SMILES string of the molecule is CC1CCCC(NC(C)c2cccc([N+](=O)[O-])c2)C1. The summed E-state index contributed by atoms with van der Waals surface area (Å²) in [5.41, 5.74) is 1.16. The van der Waals surface area contributed by atoms with Crippen LogP contribution in [0.5, 0.6) is 0 Å². The van der Waals surface area contributed by atoms with E-state index < -0.39 is 0 Å². The Bertz CT molecular complexity index is 448. The average Bonchev–Trinajstić information content (AvgIpc) is 2.39. The fourth-order valence-corrected chi connectivity index (χ4v) is 2.94. The van der Waals surface area contributed by atoms with Crippen LogP contribution >= 0.6 is 0 Å². The molecule has 1 aromatic rings. The van der Waals surface area contributed by atoms with Crippen LogP contribution in [-0.4, -0.2) is 11.0 Å². The predicted octanol–water partition coefficient (Wildman–Crippen LogP) is 3.82. The second kappa shape index (κ2) is 6.15. The highest BCUT2D eigenvalue weighted by Gasteiger charge is 2.21. The van der Waals surface area contributed by atoms with Gasteiger partial charge in [0, 0.05) is 24.2 Å². The maximum atomic E-state index is 10.8. The van der Waals surface area contributed by atoms with Gasteiger partial charge in [0.15, 0.2) is 0 Å². The van der Waals surface area contributed by atoms with E-state index >= 15 is 0 Å². The Morgan fingerprint density at radius 2 is 2.21 bits per heavy atom.